The summed E-state index contributed by atoms with van der Waals surface area (Å²) in [5.41, 5.74) is 0. The monoisotopic (exact) mass is 363 g/mol. The third-order valence-electron chi connectivity index (χ3n) is 2.96. The van der Waals surface area contributed by atoms with E-state index in [1.165, 1.54) is 24.6 Å². The summed E-state index contributed by atoms with van der Waals surface area (Å²) in [6, 6.07) is 3.39. The molecule has 20 heavy (non-hydrogen) atoms. The molecule has 0 amide bonds. The molecule has 5 nitrogen and oxygen atoms in total. The highest BCUT2D eigenvalue weighted by Gasteiger charge is 2.18. The van der Waals surface area contributed by atoms with E-state index in [4.69, 9.17) is 0 Å². The topological polar surface area (TPSA) is 53.5 Å². The van der Waals surface area contributed by atoms with Gasteiger partial charge in [0.1, 0.15) is 10.7 Å². The van der Waals surface area contributed by atoms with Gasteiger partial charge >= 0.3 is 0 Å². The summed E-state index contributed by atoms with van der Waals surface area (Å²) in [7, 11) is -0.375. The highest BCUT2D eigenvalue weighted by atomic mass is 79.9. The Morgan fingerprint density at radius 2 is 1.95 bits per heavy atom. The Morgan fingerprint density at radius 3 is 2.40 bits per heavy atom. The molecule has 0 aliphatic rings. The van der Waals surface area contributed by atoms with Gasteiger partial charge in [0.25, 0.3) is 0 Å². The van der Waals surface area contributed by atoms with Gasteiger partial charge in [-0.15, -0.1) is 0 Å². The van der Waals surface area contributed by atoms with Crippen LogP contribution in [0.25, 0.3) is 0 Å². The van der Waals surface area contributed by atoms with Crippen LogP contribution in [0.15, 0.2) is 23.2 Å². The molecule has 114 valence electrons. The molecule has 0 spiro atoms. The number of alkyl halides is 1. The summed E-state index contributed by atoms with van der Waals surface area (Å²) < 4.78 is 25.1. The van der Waals surface area contributed by atoms with Crippen molar-refractivity contribution >= 4 is 31.8 Å². The minimum absolute atomic E-state index is 0.223. The number of sulfonamides is 1. The Labute approximate surface area is 130 Å². The standard InChI is InChI=1S/C13H22BrN3O2S/c1-4-5-9-17(10-8-14)13-7-6-12(11-15-13)20(18,19)16(2)3/h6-7,11H,4-5,8-10H2,1-3H3. The largest absolute Gasteiger partial charge is 0.356 e. The molecule has 1 rings (SSSR count). The maximum absolute atomic E-state index is 12.0. The first-order valence-electron chi connectivity index (χ1n) is 6.63. The Bertz CT molecular complexity index is 503. The average molecular weight is 364 g/mol. The fourth-order valence-electron chi connectivity index (χ4n) is 1.71. The normalized spacial score (nSPS) is 11.8. The van der Waals surface area contributed by atoms with Crippen molar-refractivity contribution in [2.45, 2.75) is 24.7 Å². The number of unbranched alkanes of at least 4 members (excludes halogenated alkanes) is 1. The molecule has 0 aromatic carbocycles. The van der Waals surface area contributed by atoms with Crippen LogP contribution < -0.4 is 4.90 Å². The first-order valence-corrected chi connectivity index (χ1v) is 9.19. The SMILES string of the molecule is CCCCN(CCBr)c1ccc(S(=O)(=O)N(C)C)cn1. The predicted octanol–water partition coefficient (Wildman–Crippen LogP) is 2.33. The van der Waals surface area contributed by atoms with Gasteiger partial charge in [0.2, 0.25) is 10.0 Å². The highest BCUT2D eigenvalue weighted by molar-refractivity contribution is 9.09. The van der Waals surface area contributed by atoms with Crippen LogP contribution in [-0.2, 0) is 10.0 Å². The zero-order valence-electron chi connectivity index (χ0n) is 12.2. The molecule has 0 N–H and O–H groups in total. The average Bonchev–Trinajstić information content (AvgIpc) is 2.43. The smallest absolute Gasteiger partial charge is 0.244 e. The van der Waals surface area contributed by atoms with Crippen LogP contribution >= 0.6 is 15.9 Å². The lowest BCUT2D eigenvalue weighted by Gasteiger charge is -2.23. The van der Waals surface area contributed by atoms with E-state index in [1.54, 1.807) is 12.1 Å². The molecule has 0 saturated heterocycles. The Kier molecular flexibility index (Phi) is 6.91. The molecule has 1 heterocycles. The van der Waals surface area contributed by atoms with Crippen LogP contribution in [0.3, 0.4) is 0 Å². The molecule has 0 saturated carbocycles. The summed E-state index contributed by atoms with van der Waals surface area (Å²) in [6.07, 6.45) is 3.64. The fourth-order valence-corrected chi connectivity index (χ4v) is 2.99. The number of hydrogen-bond acceptors (Lipinski definition) is 4. The molecule has 7 heteroatoms. The van der Waals surface area contributed by atoms with Crippen molar-refractivity contribution in [3.8, 4) is 0 Å². The molecule has 1 aromatic heterocycles. The van der Waals surface area contributed by atoms with Gasteiger partial charge in [-0.05, 0) is 18.6 Å². The number of hydrogen-bond donors (Lipinski definition) is 0. The van der Waals surface area contributed by atoms with Gasteiger partial charge in [-0.25, -0.2) is 17.7 Å². The van der Waals surface area contributed by atoms with E-state index in [0.29, 0.717) is 0 Å². The van der Waals surface area contributed by atoms with Gasteiger partial charge in [0.15, 0.2) is 0 Å². The molecular formula is C13H22BrN3O2S. The van der Waals surface area contributed by atoms with Crippen molar-refractivity contribution in [2.24, 2.45) is 0 Å². The maximum Gasteiger partial charge on any atom is 0.244 e. The van der Waals surface area contributed by atoms with Crippen LogP contribution in [0.5, 0.6) is 0 Å². The van der Waals surface area contributed by atoms with Crippen LogP contribution in [0, 0.1) is 0 Å². The van der Waals surface area contributed by atoms with Gasteiger partial charge in [-0.2, -0.15) is 0 Å². The lowest BCUT2D eigenvalue weighted by molar-refractivity contribution is 0.520. The second-order valence-corrected chi connectivity index (χ2v) is 7.61. The third-order valence-corrected chi connectivity index (χ3v) is 5.11. The molecular weight excluding hydrogens is 342 g/mol. The second-order valence-electron chi connectivity index (χ2n) is 4.67. The van der Waals surface area contributed by atoms with E-state index in [0.717, 1.165) is 37.1 Å². The zero-order chi connectivity index (χ0) is 15.2. The van der Waals surface area contributed by atoms with Crippen LogP contribution in [0.1, 0.15) is 19.8 Å². The van der Waals surface area contributed by atoms with Crippen molar-refractivity contribution in [2.75, 3.05) is 37.4 Å². The van der Waals surface area contributed by atoms with Crippen LogP contribution in [-0.4, -0.2) is 50.2 Å². The molecule has 0 aliphatic carbocycles. The summed E-state index contributed by atoms with van der Waals surface area (Å²) in [5, 5.41) is 0.857. The van der Waals surface area contributed by atoms with E-state index < -0.39 is 10.0 Å². The van der Waals surface area contributed by atoms with Gasteiger partial charge < -0.3 is 4.90 Å². The van der Waals surface area contributed by atoms with Gasteiger partial charge in [0.05, 0.1) is 0 Å². The van der Waals surface area contributed by atoms with Crippen molar-refractivity contribution in [1.82, 2.24) is 9.29 Å². The number of anilines is 1. The summed E-state index contributed by atoms with van der Waals surface area (Å²) in [5.74, 6) is 0.815. The first kappa shape index (κ1) is 17.4. The second kappa shape index (κ2) is 7.95. The van der Waals surface area contributed by atoms with Gasteiger partial charge in [-0.3, -0.25) is 0 Å². The lowest BCUT2D eigenvalue weighted by Crippen LogP contribution is -2.27. The van der Waals surface area contributed by atoms with Gasteiger partial charge in [-0.1, -0.05) is 29.3 Å². The predicted molar refractivity (Wildman–Crippen MR) is 86.0 cm³/mol. The third kappa shape index (κ3) is 4.43. The summed E-state index contributed by atoms with van der Waals surface area (Å²) >= 11 is 3.43. The highest BCUT2D eigenvalue weighted by Crippen LogP contribution is 2.17. The molecule has 0 atom stereocenters. The summed E-state index contributed by atoms with van der Waals surface area (Å²) in [4.78, 5) is 6.68. The maximum atomic E-state index is 12.0. The minimum Gasteiger partial charge on any atom is -0.356 e. The lowest BCUT2D eigenvalue weighted by atomic mass is 10.3. The van der Waals surface area contributed by atoms with E-state index >= 15 is 0 Å². The van der Waals surface area contributed by atoms with E-state index in [-0.39, 0.29) is 4.90 Å². The van der Waals surface area contributed by atoms with Crippen LogP contribution in [0.2, 0.25) is 0 Å². The first-order chi connectivity index (χ1) is 9.43. The van der Waals surface area contributed by atoms with Crippen molar-refractivity contribution in [3.63, 3.8) is 0 Å². The Morgan fingerprint density at radius 1 is 1.25 bits per heavy atom. The number of nitrogens with zero attached hydrogens (tertiary/aromatic N) is 3. The van der Waals surface area contributed by atoms with Crippen molar-refractivity contribution < 1.29 is 8.42 Å². The molecule has 0 unspecified atom stereocenters. The Hall–Kier alpha value is -0.660. The minimum atomic E-state index is -3.41. The molecule has 0 bridgehead atoms. The van der Waals surface area contributed by atoms with E-state index in [2.05, 4.69) is 32.7 Å². The van der Waals surface area contributed by atoms with E-state index in [1.807, 2.05) is 0 Å². The number of aromatic nitrogens is 1. The van der Waals surface area contributed by atoms with Gasteiger partial charge in [0, 0.05) is 38.7 Å². The number of pyridine rings is 1. The zero-order valence-corrected chi connectivity index (χ0v) is 14.6. The van der Waals surface area contributed by atoms with Crippen LogP contribution in [0.4, 0.5) is 5.82 Å². The molecule has 0 radical (unpaired) electrons. The summed E-state index contributed by atoms with van der Waals surface area (Å²) in [6.45, 7) is 3.92. The molecule has 0 aliphatic heterocycles. The number of halogens is 1. The molecule has 1 aromatic rings. The molecule has 0 fully saturated rings. The van der Waals surface area contributed by atoms with Crippen molar-refractivity contribution in [1.29, 1.82) is 0 Å². The van der Waals surface area contributed by atoms with Crippen molar-refractivity contribution in [3.05, 3.63) is 18.3 Å². The van der Waals surface area contributed by atoms with E-state index in [9.17, 15) is 8.42 Å². The fraction of sp³-hybridized carbons (Fsp3) is 0.615. The number of rotatable bonds is 8. The quantitative estimate of drug-likeness (QED) is 0.665. The Balaban J connectivity index is 2.93.